The number of nitrogens with one attached hydrogen (secondary N) is 2. The van der Waals surface area contributed by atoms with Gasteiger partial charge in [0.05, 0.1) is 27.8 Å². The number of alkyl halides is 1. The van der Waals surface area contributed by atoms with E-state index in [1.165, 1.54) is 30.2 Å². The number of carbonyl (C=O) groups excluding carboxylic acids is 2. The molecule has 2 aromatic carbocycles. The molecule has 164 valence electrons. The van der Waals surface area contributed by atoms with E-state index in [-0.39, 0.29) is 23.9 Å². The summed E-state index contributed by atoms with van der Waals surface area (Å²) < 4.78 is 29.3. The lowest BCUT2D eigenvalue weighted by molar-refractivity contribution is -0.118. The molecule has 4 aromatic rings. The lowest BCUT2D eigenvalue weighted by Crippen LogP contribution is -2.24. The predicted molar refractivity (Wildman–Crippen MR) is 120 cm³/mol. The highest BCUT2D eigenvalue weighted by molar-refractivity contribution is 7.22. The molecule has 0 bridgehead atoms. The number of halogens is 2. The number of anilines is 2. The normalized spacial score (nSPS) is 17.7. The van der Waals surface area contributed by atoms with Crippen LogP contribution in [0.5, 0.6) is 0 Å². The van der Waals surface area contributed by atoms with Crippen LogP contribution in [-0.4, -0.2) is 40.2 Å². The summed E-state index contributed by atoms with van der Waals surface area (Å²) in [6, 6.07) is 5.50. The van der Waals surface area contributed by atoms with Gasteiger partial charge in [-0.15, -0.1) is 0 Å². The van der Waals surface area contributed by atoms with Gasteiger partial charge < -0.3 is 10.2 Å². The Hall–Kier alpha value is -3.40. The molecule has 2 amide bonds. The lowest BCUT2D eigenvalue weighted by atomic mass is 9.95. The van der Waals surface area contributed by atoms with Crippen molar-refractivity contribution >= 4 is 55.1 Å². The molecule has 1 aliphatic carbocycles. The minimum absolute atomic E-state index is 0.154. The van der Waals surface area contributed by atoms with E-state index in [0.717, 1.165) is 10.3 Å². The monoisotopic (exact) mass is 455 g/mol. The van der Waals surface area contributed by atoms with Crippen LogP contribution in [0.25, 0.3) is 32.2 Å². The summed E-state index contributed by atoms with van der Waals surface area (Å²) in [6.07, 6.45) is 0.790. The minimum atomic E-state index is -1.07. The van der Waals surface area contributed by atoms with Gasteiger partial charge in [0, 0.05) is 19.4 Å². The van der Waals surface area contributed by atoms with Gasteiger partial charge in [0.2, 0.25) is 11.8 Å². The number of amides is 2. The Morgan fingerprint density at radius 1 is 1.34 bits per heavy atom. The van der Waals surface area contributed by atoms with Gasteiger partial charge in [-0.3, -0.25) is 14.7 Å². The van der Waals surface area contributed by atoms with Crippen LogP contribution in [0.1, 0.15) is 18.9 Å². The van der Waals surface area contributed by atoms with Crippen molar-refractivity contribution in [2.75, 3.05) is 17.3 Å². The summed E-state index contributed by atoms with van der Waals surface area (Å²) in [5, 5.41) is 10.7. The molecular weight excluding hydrogens is 436 g/mol. The molecule has 7 nitrogen and oxygen atoms in total. The van der Waals surface area contributed by atoms with E-state index in [2.05, 4.69) is 20.5 Å². The Morgan fingerprint density at radius 3 is 2.78 bits per heavy atom. The highest BCUT2D eigenvalue weighted by Crippen LogP contribution is 2.41. The topological polar surface area (TPSA) is 91.0 Å². The van der Waals surface area contributed by atoms with Crippen LogP contribution in [0.2, 0.25) is 0 Å². The third-order valence-electron chi connectivity index (χ3n) is 5.82. The molecule has 0 saturated heterocycles. The molecule has 0 radical (unpaired) electrons. The van der Waals surface area contributed by atoms with Crippen molar-refractivity contribution in [2.24, 2.45) is 5.92 Å². The number of benzene rings is 2. The fraction of sp³-hybridized carbons (Fsp3) is 0.273. The van der Waals surface area contributed by atoms with Gasteiger partial charge in [0.15, 0.2) is 10.9 Å². The highest BCUT2D eigenvalue weighted by Gasteiger charge is 2.43. The molecule has 1 aliphatic rings. The van der Waals surface area contributed by atoms with Gasteiger partial charge in [-0.25, -0.2) is 13.8 Å². The second-order valence-electron chi connectivity index (χ2n) is 7.95. The summed E-state index contributed by atoms with van der Waals surface area (Å²) in [6.45, 7) is 3.04. The van der Waals surface area contributed by atoms with E-state index in [1.807, 2.05) is 12.1 Å². The SMILES string of the molecule is CC(=O)N(C)c1c(F)c(C)c(-c2ccc3nc(NC(=O)[C@@H]4C[C@@H]4F)sc3c2)c2cn[nH]c12. The molecule has 0 aliphatic heterocycles. The first-order chi connectivity index (χ1) is 15.3. The van der Waals surface area contributed by atoms with E-state index < -0.39 is 17.9 Å². The standard InChI is InChI=1S/C22H19F2N5O2S/c1-9-17(13-8-25-28-19(13)20(18(9)24)29(3)10(2)30)11-4-5-15-16(6-11)32-22(26-15)27-21(31)12-7-14(12)23/h4-6,8,12,14H,7H2,1-3H3,(H,25,28)(H,26,27,31)/t12-,14+/m1/s1. The van der Waals surface area contributed by atoms with Crippen LogP contribution >= 0.6 is 11.3 Å². The van der Waals surface area contributed by atoms with Gasteiger partial charge in [-0.2, -0.15) is 5.10 Å². The average Bonchev–Trinajstić information content (AvgIpc) is 3.11. The second kappa shape index (κ2) is 7.33. The van der Waals surface area contributed by atoms with Crippen molar-refractivity contribution in [1.29, 1.82) is 0 Å². The Labute approximate surface area is 185 Å². The molecular formula is C22H19F2N5O2S. The number of fused-ring (bicyclic) bond motifs is 2. The summed E-state index contributed by atoms with van der Waals surface area (Å²) >= 11 is 1.27. The van der Waals surface area contributed by atoms with Gasteiger partial charge in [0.25, 0.3) is 0 Å². The number of nitrogens with zero attached hydrogens (tertiary/aromatic N) is 3. The summed E-state index contributed by atoms with van der Waals surface area (Å²) in [5.41, 5.74) is 3.07. The molecule has 2 aromatic heterocycles. The van der Waals surface area contributed by atoms with E-state index >= 15 is 4.39 Å². The van der Waals surface area contributed by atoms with Crippen molar-refractivity contribution in [3.8, 4) is 11.1 Å². The molecule has 10 heteroatoms. The maximum Gasteiger partial charge on any atom is 0.232 e. The highest BCUT2D eigenvalue weighted by atomic mass is 32.1. The number of aromatic nitrogens is 3. The molecule has 0 unspecified atom stereocenters. The third-order valence-corrected chi connectivity index (χ3v) is 6.76. The first kappa shape index (κ1) is 20.5. The van der Waals surface area contributed by atoms with Gasteiger partial charge >= 0.3 is 0 Å². The first-order valence-corrected chi connectivity index (χ1v) is 10.8. The molecule has 2 atom stereocenters. The predicted octanol–water partition coefficient (Wildman–Crippen LogP) is 4.57. The number of hydrogen-bond acceptors (Lipinski definition) is 5. The number of carbonyl (C=O) groups is 2. The molecule has 2 N–H and O–H groups in total. The second-order valence-corrected chi connectivity index (χ2v) is 8.98. The quantitative estimate of drug-likeness (QED) is 0.472. The largest absolute Gasteiger partial charge is 0.311 e. The molecule has 1 saturated carbocycles. The van der Waals surface area contributed by atoms with Crippen molar-refractivity contribution in [1.82, 2.24) is 15.2 Å². The number of H-pyrrole nitrogens is 1. The van der Waals surface area contributed by atoms with E-state index in [4.69, 9.17) is 0 Å². The van der Waals surface area contributed by atoms with Gasteiger partial charge in [0.1, 0.15) is 11.9 Å². The zero-order valence-electron chi connectivity index (χ0n) is 17.5. The van der Waals surface area contributed by atoms with E-state index in [9.17, 15) is 14.0 Å². The van der Waals surface area contributed by atoms with Crippen LogP contribution in [0.3, 0.4) is 0 Å². The number of aromatic amines is 1. The van der Waals surface area contributed by atoms with Crippen LogP contribution < -0.4 is 10.2 Å². The molecule has 32 heavy (non-hydrogen) atoms. The summed E-state index contributed by atoms with van der Waals surface area (Å²) in [7, 11) is 1.52. The maximum absolute atomic E-state index is 15.4. The molecule has 5 rings (SSSR count). The zero-order valence-corrected chi connectivity index (χ0v) is 18.3. The van der Waals surface area contributed by atoms with Crippen molar-refractivity contribution < 1.29 is 18.4 Å². The Balaban J connectivity index is 1.59. The van der Waals surface area contributed by atoms with E-state index in [0.29, 0.717) is 32.7 Å². The molecule has 2 heterocycles. The maximum atomic E-state index is 15.4. The van der Waals surface area contributed by atoms with Crippen LogP contribution in [0.15, 0.2) is 24.4 Å². The smallest absolute Gasteiger partial charge is 0.232 e. The van der Waals surface area contributed by atoms with Crippen LogP contribution in [0, 0.1) is 18.7 Å². The lowest BCUT2D eigenvalue weighted by Gasteiger charge is -2.20. The molecule has 0 spiro atoms. The van der Waals surface area contributed by atoms with Crippen LogP contribution in [-0.2, 0) is 9.59 Å². The Morgan fingerprint density at radius 2 is 2.09 bits per heavy atom. The fourth-order valence-electron chi connectivity index (χ4n) is 3.87. The van der Waals surface area contributed by atoms with Gasteiger partial charge in [-0.1, -0.05) is 17.4 Å². The average molecular weight is 455 g/mol. The Bertz CT molecular complexity index is 1410. The van der Waals surface area contributed by atoms with Crippen molar-refractivity contribution in [3.63, 3.8) is 0 Å². The zero-order chi connectivity index (χ0) is 22.7. The number of rotatable bonds is 4. The fourth-order valence-corrected chi connectivity index (χ4v) is 4.77. The van der Waals surface area contributed by atoms with Crippen LogP contribution in [0.4, 0.5) is 19.6 Å². The van der Waals surface area contributed by atoms with E-state index in [1.54, 1.807) is 19.2 Å². The minimum Gasteiger partial charge on any atom is -0.311 e. The first-order valence-electron chi connectivity index (χ1n) is 10.0. The van der Waals surface area contributed by atoms with Crippen molar-refractivity contribution in [2.45, 2.75) is 26.4 Å². The summed E-state index contributed by atoms with van der Waals surface area (Å²) in [4.78, 5) is 29.6. The van der Waals surface area contributed by atoms with Gasteiger partial charge in [-0.05, 0) is 42.2 Å². The Kier molecular flexibility index (Phi) is 4.70. The number of hydrogen-bond donors (Lipinski definition) is 2. The third kappa shape index (κ3) is 3.22. The van der Waals surface area contributed by atoms with Crippen molar-refractivity contribution in [3.05, 3.63) is 35.8 Å². The molecule has 1 fully saturated rings. The summed E-state index contributed by atoms with van der Waals surface area (Å²) in [5.74, 6) is -1.75. The number of thiazole rings is 1.